The summed E-state index contributed by atoms with van der Waals surface area (Å²) < 4.78 is 4.95. The maximum atomic E-state index is 12.8. The number of alkyl halides is 2. The second kappa shape index (κ2) is 8.41. The minimum absolute atomic E-state index is 0.0684. The molecule has 2 aliphatic carbocycles. The molecule has 0 unspecified atom stereocenters. The number of hydrogen-bond donors (Lipinski definition) is 1. The number of rotatable bonds is 5. The topological polar surface area (TPSA) is 92.8 Å². The molecule has 1 aliphatic heterocycles. The lowest BCUT2D eigenvalue weighted by Gasteiger charge is -2.28. The first kappa shape index (κ1) is 22.0. The molecule has 2 bridgehead atoms. The molecule has 1 saturated heterocycles. The van der Waals surface area contributed by atoms with Crippen LogP contribution in [0.15, 0.2) is 18.2 Å². The van der Waals surface area contributed by atoms with Gasteiger partial charge >= 0.3 is 5.97 Å². The van der Waals surface area contributed by atoms with Gasteiger partial charge in [-0.15, -0.1) is 0 Å². The van der Waals surface area contributed by atoms with Crippen molar-refractivity contribution in [2.75, 3.05) is 18.5 Å². The minimum Gasteiger partial charge on any atom is -0.454 e. The monoisotopic (exact) mass is 580 g/mol. The minimum atomic E-state index is -0.820. The van der Waals surface area contributed by atoms with E-state index >= 15 is 0 Å². The summed E-state index contributed by atoms with van der Waals surface area (Å²) in [6, 6.07) is 4.54. The number of fused-ring (bicyclic) bond motifs is 5. The van der Waals surface area contributed by atoms with E-state index in [9.17, 15) is 19.2 Å². The molecule has 1 aromatic rings. The van der Waals surface area contributed by atoms with Crippen molar-refractivity contribution in [1.82, 2.24) is 4.90 Å². The Morgan fingerprint density at radius 3 is 2.23 bits per heavy atom. The third-order valence-electron chi connectivity index (χ3n) is 5.93. The summed E-state index contributed by atoms with van der Waals surface area (Å²) >= 11 is 18.9. The molecule has 3 amide bonds. The highest BCUT2D eigenvalue weighted by atomic mass is 79.9. The van der Waals surface area contributed by atoms with Crippen LogP contribution in [0.3, 0.4) is 0 Å². The fraction of sp³-hybridized carbons (Fsp3) is 0.474. The first-order valence-electron chi connectivity index (χ1n) is 9.23. The zero-order valence-electron chi connectivity index (χ0n) is 15.3. The van der Waals surface area contributed by atoms with Crippen LogP contribution in [0.4, 0.5) is 5.69 Å². The van der Waals surface area contributed by atoms with Crippen LogP contribution in [0.2, 0.25) is 10.0 Å². The number of nitrogens with one attached hydrogen (secondary N) is 1. The van der Waals surface area contributed by atoms with Gasteiger partial charge in [0.05, 0.1) is 21.9 Å². The zero-order valence-corrected chi connectivity index (χ0v) is 20.0. The highest BCUT2D eigenvalue weighted by Crippen LogP contribution is 2.60. The van der Waals surface area contributed by atoms with Crippen molar-refractivity contribution in [3.8, 4) is 0 Å². The average molecular weight is 583 g/mol. The van der Waals surface area contributed by atoms with Gasteiger partial charge in [0, 0.05) is 15.3 Å². The van der Waals surface area contributed by atoms with E-state index in [1.165, 1.54) is 12.1 Å². The Bertz CT molecular complexity index is 913. The third-order valence-corrected chi connectivity index (χ3v) is 9.88. The quantitative estimate of drug-likeness (QED) is 0.327. The SMILES string of the molecule is O=C(COC(=O)CN1C(=O)[C@@H]2[C@H]3C[C@@H]([C@H](Br)[C@@H]3Br)[C@@H]2C1=O)Nc1ccc(Cl)c(Cl)c1. The van der Waals surface area contributed by atoms with Gasteiger partial charge in [0.15, 0.2) is 6.61 Å². The molecule has 4 rings (SSSR count). The number of amides is 3. The van der Waals surface area contributed by atoms with E-state index in [1.54, 1.807) is 6.07 Å². The number of halogens is 4. The van der Waals surface area contributed by atoms with Crippen LogP contribution in [0.1, 0.15) is 6.42 Å². The summed E-state index contributed by atoms with van der Waals surface area (Å²) in [5, 5.41) is 3.14. The van der Waals surface area contributed by atoms with Crippen molar-refractivity contribution in [1.29, 1.82) is 0 Å². The number of nitrogens with zero attached hydrogens (tertiary/aromatic N) is 1. The van der Waals surface area contributed by atoms with Crippen LogP contribution in [0.5, 0.6) is 0 Å². The molecule has 1 N–H and O–H groups in total. The van der Waals surface area contributed by atoms with Gasteiger partial charge in [0.2, 0.25) is 11.8 Å². The predicted octanol–water partition coefficient (Wildman–Crippen LogP) is 3.25. The molecule has 0 spiro atoms. The fourth-order valence-electron chi connectivity index (χ4n) is 4.66. The molecule has 160 valence electrons. The summed E-state index contributed by atoms with van der Waals surface area (Å²) in [7, 11) is 0. The second-order valence-electron chi connectivity index (χ2n) is 7.60. The highest BCUT2D eigenvalue weighted by Gasteiger charge is 2.66. The van der Waals surface area contributed by atoms with Crippen molar-refractivity contribution in [3.05, 3.63) is 28.2 Å². The zero-order chi connectivity index (χ0) is 21.7. The average Bonchev–Trinajstić information content (AvgIpc) is 3.30. The predicted molar refractivity (Wildman–Crippen MR) is 117 cm³/mol. The number of ether oxygens (including phenoxy) is 1. The molecular formula is C19H16Br2Cl2N2O5. The fourth-order valence-corrected chi connectivity index (χ4v) is 6.83. The molecule has 2 saturated carbocycles. The number of carbonyl (C=O) groups is 4. The Balaban J connectivity index is 1.31. The molecule has 1 aromatic carbocycles. The number of hydrogen-bond acceptors (Lipinski definition) is 5. The Kier molecular flexibility index (Phi) is 6.18. The van der Waals surface area contributed by atoms with Crippen LogP contribution < -0.4 is 5.32 Å². The largest absolute Gasteiger partial charge is 0.454 e. The Morgan fingerprint density at radius 1 is 1.07 bits per heavy atom. The first-order chi connectivity index (χ1) is 14.2. The Hall–Kier alpha value is -1.16. The van der Waals surface area contributed by atoms with Crippen LogP contribution in [0.25, 0.3) is 0 Å². The van der Waals surface area contributed by atoms with E-state index < -0.39 is 36.9 Å². The lowest BCUT2D eigenvalue weighted by Crippen LogP contribution is -2.38. The van der Waals surface area contributed by atoms with Gasteiger partial charge in [0.1, 0.15) is 6.54 Å². The summed E-state index contributed by atoms with van der Waals surface area (Å²) in [4.78, 5) is 50.9. The molecule has 6 atom stereocenters. The molecule has 7 nitrogen and oxygen atoms in total. The van der Waals surface area contributed by atoms with Gasteiger partial charge in [-0.25, -0.2) is 0 Å². The summed E-state index contributed by atoms with van der Waals surface area (Å²) in [6.07, 6.45) is 0.811. The van der Waals surface area contributed by atoms with Gasteiger partial charge < -0.3 is 10.1 Å². The maximum Gasteiger partial charge on any atom is 0.326 e. The highest BCUT2D eigenvalue weighted by molar-refractivity contribution is 9.12. The smallest absolute Gasteiger partial charge is 0.326 e. The van der Waals surface area contributed by atoms with E-state index in [0.717, 1.165) is 11.3 Å². The van der Waals surface area contributed by atoms with Crippen LogP contribution >= 0.6 is 55.1 Å². The molecule has 1 heterocycles. The van der Waals surface area contributed by atoms with E-state index in [0.29, 0.717) is 10.7 Å². The standard InChI is InChI=1S/C19H16Br2Cl2N2O5/c20-16-8-4-9(17(16)21)15-14(8)18(28)25(19(15)29)5-13(27)30-6-12(26)24-7-1-2-10(22)11(23)3-7/h1-3,8-9,14-17H,4-6H2,(H,24,26)/t8-,9-,14-,15+,16-,17+/m1/s1. The summed E-state index contributed by atoms with van der Waals surface area (Å²) in [5.74, 6) is -2.73. The van der Waals surface area contributed by atoms with Crippen molar-refractivity contribution < 1.29 is 23.9 Å². The van der Waals surface area contributed by atoms with Crippen molar-refractivity contribution in [2.45, 2.75) is 16.1 Å². The number of imide groups is 1. The molecule has 30 heavy (non-hydrogen) atoms. The third kappa shape index (κ3) is 3.78. The van der Waals surface area contributed by atoms with E-state index in [4.69, 9.17) is 27.9 Å². The lowest BCUT2D eigenvalue weighted by molar-refractivity contribution is -0.154. The Labute approximate surface area is 199 Å². The number of anilines is 1. The number of benzene rings is 1. The lowest BCUT2D eigenvalue weighted by atomic mass is 9.81. The molecular weight excluding hydrogens is 567 g/mol. The van der Waals surface area contributed by atoms with E-state index in [2.05, 4.69) is 37.2 Å². The van der Waals surface area contributed by atoms with Gasteiger partial charge in [-0.1, -0.05) is 55.1 Å². The second-order valence-corrected chi connectivity index (χ2v) is 10.5. The van der Waals surface area contributed by atoms with Crippen molar-refractivity contribution in [2.24, 2.45) is 23.7 Å². The van der Waals surface area contributed by atoms with E-state index in [1.807, 2.05) is 0 Å². The maximum absolute atomic E-state index is 12.8. The van der Waals surface area contributed by atoms with Crippen LogP contribution in [-0.2, 0) is 23.9 Å². The molecule has 3 fully saturated rings. The van der Waals surface area contributed by atoms with E-state index in [-0.39, 0.29) is 38.3 Å². The van der Waals surface area contributed by atoms with Gasteiger partial charge in [-0.3, -0.25) is 24.1 Å². The van der Waals surface area contributed by atoms with Crippen molar-refractivity contribution in [3.63, 3.8) is 0 Å². The first-order valence-corrected chi connectivity index (χ1v) is 11.8. The van der Waals surface area contributed by atoms with Crippen LogP contribution in [0, 0.1) is 23.7 Å². The van der Waals surface area contributed by atoms with Crippen LogP contribution in [-0.4, -0.2) is 51.4 Å². The normalized spacial score (nSPS) is 31.8. The molecule has 0 radical (unpaired) electrons. The number of likely N-dealkylation sites (tertiary alicyclic amines) is 1. The summed E-state index contributed by atoms with van der Waals surface area (Å²) in [5.41, 5.74) is 0.396. The Morgan fingerprint density at radius 2 is 1.67 bits per heavy atom. The van der Waals surface area contributed by atoms with Gasteiger partial charge in [-0.05, 0) is 36.5 Å². The van der Waals surface area contributed by atoms with Gasteiger partial charge in [-0.2, -0.15) is 0 Å². The molecule has 3 aliphatic rings. The molecule has 0 aromatic heterocycles. The number of esters is 1. The summed E-state index contributed by atoms with van der Waals surface area (Å²) in [6.45, 7) is -1.05. The van der Waals surface area contributed by atoms with Crippen molar-refractivity contribution >= 4 is 84.4 Å². The molecule has 11 heteroatoms. The number of carbonyl (C=O) groups excluding carboxylic acids is 4. The van der Waals surface area contributed by atoms with Gasteiger partial charge in [0.25, 0.3) is 5.91 Å².